The Bertz CT molecular complexity index is 1610. The van der Waals surface area contributed by atoms with Gasteiger partial charge < -0.3 is 19.7 Å². The average Bonchev–Trinajstić information content (AvgIpc) is 2.99. The van der Waals surface area contributed by atoms with Crippen molar-refractivity contribution in [3.63, 3.8) is 0 Å². The summed E-state index contributed by atoms with van der Waals surface area (Å²) in [5.41, 5.74) is -2.48. The monoisotopic (exact) mass is 556 g/mol. The molecular formula is C32H25FO8. The van der Waals surface area contributed by atoms with Gasteiger partial charge in [0, 0.05) is 11.1 Å². The van der Waals surface area contributed by atoms with Gasteiger partial charge in [0.15, 0.2) is 23.1 Å². The molecule has 41 heavy (non-hydrogen) atoms. The minimum Gasteiger partial charge on any atom is -0.504 e. The van der Waals surface area contributed by atoms with Crippen molar-refractivity contribution in [2.75, 3.05) is 6.61 Å². The number of aromatic hydroxyl groups is 2. The third-order valence-electron chi connectivity index (χ3n) is 6.12. The van der Waals surface area contributed by atoms with Gasteiger partial charge in [0.05, 0.1) is 28.9 Å². The van der Waals surface area contributed by atoms with Crippen molar-refractivity contribution in [3.05, 3.63) is 124 Å². The minimum absolute atomic E-state index is 0.0167. The van der Waals surface area contributed by atoms with Crippen LogP contribution >= 0.6 is 0 Å². The first-order valence-electron chi connectivity index (χ1n) is 12.7. The smallest absolute Gasteiger partial charge is 0.343 e. The highest BCUT2D eigenvalue weighted by Gasteiger charge is 2.37. The van der Waals surface area contributed by atoms with Gasteiger partial charge in [-0.1, -0.05) is 74.0 Å². The molecule has 0 unspecified atom stereocenters. The van der Waals surface area contributed by atoms with E-state index in [2.05, 4.69) is 0 Å². The topological polar surface area (TPSA) is 127 Å². The number of phenols is 2. The molecule has 0 atom stereocenters. The van der Waals surface area contributed by atoms with E-state index in [9.17, 15) is 33.8 Å². The lowest BCUT2D eigenvalue weighted by molar-refractivity contribution is 0.0491. The molecule has 2 N–H and O–H groups in total. The summed E-state index contributed by atoms with van der Waals surface area (Å²) in [6, 6.07) is 19.5. The molecule has 0 aromatic heterocycles. The second-order valence-electron chi connectivity index (χ2n) is 8.93. The van der Waals surface area contributed by atoms with Gasteiger partial charge in [-0.25, -0.2) is 14.0 Å². The van der Waals surface area contributed by atoms with E-state index in [0.29, 0.717) is 12.8 Å². The first kappa shape index (κ1) is 28.7. The molecule has 8 nitrogen and oxygen atoms in total. The standard InChI is InChI=1S/C32H25FO8/c1-2-3-17-40-32(39)23-24(26(34)19-11-6-4-7-12-19)28(36)29(37)30(41-31(38)20-13-8-5-9-14-20)25(23)27(35)21-15-10-16-22(33)18-21/h4-16,18,36-37H,2-3,17H2,1H3. The van der Waals surface area contributed by atoms with Gasteiger partial charge in [-0.05, 0) is 30.7 Å². The second-order valence-corrected chi connectivity index (χ2v) is 8.93. The number of ether oxygens (including phenoxy) is 2. The Balaban J connectivity index is 2.04. The summed E-state index contributed by atoms with van der Waals surface area (Å²) in [5, 5.41) is 22.1. The molecule has 0 amide bonds. The lowest BCUT2D eigenvalue weighted by Crippen LogP contribution is -2.22. The number of unbranched alkanes of at least 4 members (excludes halogenated alkanes) is 1. The van der Waals surface area contributed by atoms with Gasteiger partial charge in [-0.15, -0.1) is 0 Å². The molecule has 4 aromatic carbocycles. The fourth-order valence-corrected chi connectivity index (χ4v) is 4.06. The molecule has 4 rings (SSSR count). The second kappa shape index (κ2) is 12.7. The lowest BCUT2D eigenvalue weighted by atomic mass is 9.88. The van der Waals surface area contributed by atoms with Crippen molar-refractivity contribution in [1.82, 2.24) is 0 Å². The number of ketones is 2. The number of esters is 2. The zero-order valence-electron chi connectivity index (χ0n) is 21.9. The molecule has 0 fully saturated rings. The molecule has 0 radical (unpaired) electrons. The van der Waals surface area contributed by atoms with E-state index < -0.39 is 63.3 Å². The largest absolute Gasteiger partial charge is 0.504 e. The highest BCUT2D eigenvalue weighted by Crippen LogP contribution is 2.46. The maximum atomic E-state index is 14.1. The summed E-state index contributed by atoms with van der Waals surface area (Å²) in [4.78, 5) is 54.1. The van der Waals surface area contributed by atoms with Gasteiger partial charge >= 0.3 is 11.9 Å². The molecule has 0 spiro atoms. The molecule has 0 aliphatic rings. The van der Waals surface area contributed by atoms with E-state index in [-0.39, 0.29) is 23.3 Å². The lowest BCUT2D eigenvalue weighted by Gasteiger charge is -2.20. The van der Waals surface area contributed by atoms with Crippen LogP contribution in [0.15, 0.2) is 84.9 Å². The van der Waals surface area contributed by atoms with E-state index in [1.54, 1.807) is 24.3 Å². The average molecular weight is 557 g/mol. The minimum atomic E-state index is -1.19. The Hall–Kier alpha value is -5.31. The van der Waals surface area contributed by atoms with Crippen LogP contribution in [-0.4, -0.2) is 40.3 Å². The number of carbonyl (C=O) groups is 4. The van der Waals surface area contributed by atoms with Crippen LogP contribution in [0.4, 0.5) is 4.39 Å². The number of carbonyl (C=O) groups excluding carboxylic acids is 4. The Morgan fingerprint density at radius 1 is 0.683 bits per heavy atom. The van der Waals surface area contributed by atoms with Crippen molar-refractivity contribution in [2.24, 2.45) is 0 Å². The molecule has 0 bridgehead atoms. The zero-order chi connectivity index (χ0) is 29.5. The Morgan fingerprint density at radius 2 is 1.27 bits per heavy atom. The molecule has 0 saturated heterocycles. The Labute approximate surface area is 234 Å². The summed E-state index contributed by atoms with van der Waals surface area (Å²) in [7, 11) is 0. The summed E-state index contributed by atoms with van der Waals surface area (Å²) in [5.74, 6) is -8.14. The van der Waals surface area contributed by atoms with Crippen LogP contribution in [-0.2, 0) is 4.74 Å². The number of phenolic OH excluding ortho intramolecular Hbond substituents is 2. The molecule has 0 saturated carbocycles. The van der Waals surface area contributed by atoms with E-state index in [4.69, 9.17) is 9.47 Å². The molecule has 0 aliphatic heterocycles. The molecule has 4 aromatic rings. The number of halogens is 1. The van der Waals surface area contributed by atoms with Crippen LogP contribution in [0.1, 0.15) is 72.3 Å². The van der Waals surface area contributed by atoms with E-state index in [0.717, 1.165) is 12.1 Å². The molecule has 0 aliphatic carbocycles. The highest BCUT2D eigenvalue weighted by atomic mass is 19.1. The van der Waals surface area contributed by atoms with E-state index in [1.165, 1.54) is 48.5 Å². The van der Waals surface area contributed by atoms with Crippen molar-refractivity contribution in [2.45, 2.75) is 19.8 Å². The van der Waals surface area contributed by atoms with Crippen molar-refractivity contribution >= 4 is 23.5 Å². The van der Waals surface area contributed by atoms with Gasteiger partial charge in [-0.2, -0.15) is 0 Å². The van der Waals surface area contributed by atoms with Crippen LogP contribution in [0.2, 0.25) is 0 Å². The first-order chi connectivity index (χ1) is 19.7. The van der Waals surface area contributed by atoms with Crippen LogP contribution in [0, 0.1) is 5.82 Å². The fraction of sp³-hybridized carbons (Fsp3) is 0.125. The Morgan fingerprint density at radius 3 is 1.88 bits per heavy atom. The first-order valence-corrected chi connectivity index (χ1v) is 12.7. The summed E-state index contributed by atoms with van der Waals surface area (Å²) < 4.78 is 24.9. The number of hydrogen-bond acceptors (Lipinski definition) is 8. The van der Waals surface area contributed by atoms with Gasteiger partial charge in [0.1, 0.15) is 5.82 Å². The maximum absolute atomic E-state index is 14.1. The predicted octanol–water partition coefficient (Wildman–Crippen LogP) is 5.88. The number of rotatable bonds is 10. The molecule has 9 heteroatoms. The summed E-state index contributed by atoms with van der Waals surface area (Å²) >= 11 is 0. The SMILES string of the molecule is CCCCOC(=O)c1c(C(=O)c2ccccc2)c(O)c(O)c(OC(=O)c2ccccc2)c1C(=O)c1cccc(F)c1. The fourth-order valence-electron chi connectivity index (χ4n) is 4.06. The van der Waals surface area contributed by atoms with Gasteiger partial charge in [0.2, 0.25) is 5.75 Å². The van der Waals surface area contributed by atoms with Crippen LogP contribution in [0.3, 0.4) is 0 Å². The van der Waals surface area contributed by atoms with Crippen molar-refractivity contribution < 1.29 is 43.3 Å². The van der Waals surface area contributed by atoms with Crippen LogP contribution in [0.5, 0.6) is 17.2 Å². The van der Waals surface area contributed by atoms with E-state index in [1.807, 2.05) is 6.92 Å². The Kier molecular flexibility index (Phi) is 8.88. The van der Waals surface area contributed by atoms with Gasteiger partial charge in [0.25, 0.3) is 0 Å². The predicted molar refractivity (Wildman–Crippen MR) is 146 cm³/mol. The highest BCUT2D eigenvalue weighted by molar-refractivity contribution is 6.24. The van der Waals surface area contributed by atoms with Crippen molar-refractivity contribution in [3.8, 4) is 17.2 Å². The number of benzene rings is 4. The molecular weight excluding hydrogens is 531 g/mol. The van der Waals surface area contributed by atoms with Crippen LogP contribution < -0.4 is 4.74 Å². The summed E-state index contributed by atoms with van der Waals surface area (Å²) in [6.07, 6.45) is 1.10. The maximum Gasteiger partial charge on any atom is 0.343 e. The normalized spacial score (nSPS) is 10.6. The summed E-state index contributed by atoms with van der Waals surface area (Å²) in [6.45, 7) is 1.76. The molecule has 208 valence electrons. The van der Waals surface area contributed by atoms with Gasteiger partial charge in [-0.3, -0.25) is 9.59 Å². The third kappa shape index (κ3) is 6.14. The molecule has 0 heterocycles. The van der Waals surface area contributed by atoms with E-state index >= 15 is 0 Å². The van der Waals surface area contributed by atoms with Crippen LogP contribution in [0.25, 0.3) is 0 Å². The zero-order valence-corrected chi connectivity index (χ0v) is 21.9. The van der Waals surface area contributed by atoms with Crippen molar-refractivity contribution in [1.29, 1.82) is 0 Å². The quantitative estimate of drug-likeness (QED) is 0.0816. The number of hydrogen-bond donors (Lipinski definition) is 2. The third-order valence-corrected chi connectivity index (χ3v) is 6.12.